The molecule has 1 amide bonds. The lowest BCUT2D eigenvalue weighted by molar-refractivity contribution is -0.147. The minimum absolute atomic E-state index is 0.538. The number of aliphatic carboxylic acids is 2. The maximum Gasteiger partial charge on any atom is 0.326 e. The molecule has 0 saturated carbocycles. The van der Waals surface area contributed by atoms with Crippen molar-refractivity contribution >= 4 is 41.2 Å². The standard InChI is InChI=1S/C13H14ClNO5S/c1-7(21-9-4-2-8(14)3-5-9)12(18)15-10(13(19)20)6-11(16)17/h2-5,7,10H,6H2,1H3,(H,15,18)(H,16,17)(H,19,20). The molecule has 0 saturated heterocycles. The number of halogens is 1. The van der Waals surface area contributed by atoms with Gasteiger partial charge in [0, 0.05) is 9.92 Å². The third-order valence-electron chi connectivity index (χ3n) is 2.49. The van der Waals surface area contributed by atoms with Crippen LogP contribution in [0.5, 0.6) is 0 Å². The highest BCUT2D eigenvalue weighted by Gasteiger charge is 2.25. The highest BCUT2D eigenvalue weighted by atomic mass is 35.5. The van der Waals surface area contributed by atoms with Crippen molar-refractivity contribution in [3.63, 3.8) is 0 Å². The molecule has 0 radical (unpaired) electrons. The second kappa shape index (κ2) is 7.90. The number of carboxylic acids is 2. The largest absolute Gasteiger partial charge is 0.481 e. The highest BCUT2D eigenvalue weighted by molar-refractivity contribution is 8.00. The van der Waals surface area contributed by atoms with Gasteiger partial charge in [-0.2, -0.15) is 0 Å². The number of carbonyl (C=O) groups excluding carboxylic acids is 1. The lowest BCUT2D eigenvalue weighted by Crippen LogP contribution is -2.45. The first kappa shape index (κ1) is 17.3. The van der Waals surface area contributed by atoms with Crippen LogP contribution in [0.3, 0.4) is 0 Å². The Kier molecular flexibility index (Phi) is 6.51. The molecule has 0 fully saturated rings. The molecular formula is C13H14ClNO5S. The zero-order valence-corrected chi connectivity index (χ0v) is 12.6. The summed E-state index contributed by atoms with van der Waals surface area (Å²) in [7, 11) is 0. The van der Waals surface area contributed by atoms with Crippen LogP contribution in [-0.4, -0.2) is 39.4 Å². The van der Waals surface area contributed by atoms with Crippen LogP contribution in [0.2, 0.25) is 5.02 Å². The predicted molar refractivity (Wildman–Crippen MR) is 78.6 cm³/mol. The number of nitrogens with one attached hydrogen (secondary N) is 1. The van der Waals surface area contributed by atoms with Crippen LogP contribution in [0.15, 0.2) is 29.2 Å². The number of hydrogen-bond acceptors (Lipinski definition) is 4. The van der Waals surface area contributed by atoms with Crippen LogP contribution in [0.4, 0.5) is 0 Å². The van der Waals surface area contributed by atoms with Gasteiger partial charge in [0.2, 0.25) is 5.91 Å². The number of rotatable bonds is 7. The topological polar surface area (TPSA) is 104 Å². The molecule has 6 nitrogen and oxygen atoms in total. The number of carbonyl (C=O) groups is 3. The van der Waals surface area contributed by atoms with Crippen LogP contribution in [0, 0.1) is 0 Å². The average Bonchev–Trinajstić information content (AvgIpc) is 2.39. The summed E-state index contributed by atoms with van der Waals surface area (Å²) in [5.41, 5.74) is 0. The van der Waals surface area contributed by atoms with E-state index in [0.29, 0.717) is 5.02 Å². The predicted octanol–water partition coefficient (Wildman–Crippen LogP) is 1.86. The fourth-order valence-electron chi connectivity index (χ4n) is 1.43. The maximum absolute atomic E-state index is 11.9. The zero-order chi connectivity index (χ0) is 16.0. The molecule has 1 aromatic carbocycles. The van der Waals surface area contributed by atoms with Gasteiger partial charge in [0.15, 0.2) is 0 Å². The Balaban J connectivity index is 2.62. The van der Waals surface area contributed by atoms with E-state index in [0.717, 1.165) is 4.90 Å². The summed E-state index contributed by atoms with van der Waals surface area (Å²) in [5, 5.41) is 19.7. The number of amides is 1. The molecule has 0 spiro atoms. The fourth-order valence-corrected chi connectivity index (χ4v) is 2.44. The van der Waals surface area contributed by atoms with Gasteiger partial charge >= 0.3 is 11.9 Å². The van der Waals surface area contributed by atoms with Crippen molar-refractivity contribution in [1.82, 2.24) is 5.32 Å². The van der Waals surface area contributed by atoms with Gasteiger partial charge < -0.3 is 15.5 Å². The molecule has 8 heteroatoms. The van der Waals surface area contributed by atoms with Gasteiger partial charge in [0.1, 0.15) is 6.04 Å². The molecule has 0 aliphatic rings. The Labute approximate surface area is 130 Å². The van der Waals surface area contributed by atoms with Crippen LogP contribution in [0.1, 0.15) is 13.3 Å². The van der Waals surface area contributed by atoms with E-state index in [-0.39, 0.29) is 0 Å². The normalized spacial score (nSPS) is 13.2. The van der Waals surface area contributed by atoms with Gasteiger partial charge in [-0.15, -0.1) is 11.8 Å². The molecule has 0 aromatic heterocycles. The number of thioether (sulfide) groups is 1. The summed E-state index contributed by atoms with van der Waals surface area (Å²) in [5.74, 6) is -3.21. The first-order valence-corrected chi connectivity index (χ1v) is 7.22. The van der Waals surface area contributed by atoms with Gasteiger partial charge in [0.05, 0.1) is 11.7 Å². The van der Waals surface area contributed by atoms with E-state index in [1.807, 2.05) is 0 Å². The van der Waals surface area contributed by atoms with Crippen molar-refractivity contribution < 1.29 is 24.6 Å². The van der Waals surface area contributed by atoms with Crippen LogP contribution < -0.4 is 5.32 Å². The third kappa shape index (κ3) is 6.05. The second-order valence-corrected chi connectivity index (χ2v) is 6.06. The fraction of sp³-hybridized carbons (Fsp3) is 0.308. The minimum atomic E-state index is -1.44. The summed E-state index contributed by atoms with van der Waals surface area (Å²) >= 11 is 6.98. The van der Waals surface area contributed by atoms with Crippen molar-refractivity contribution in [3.05, 3.63) is 29.3 Å². The van der Waals surface area contributed by atoms with Gasteiger partial charge in [0.25, 0.3) is 0 Å². The minimum Gasteiger partial charge on any atom is -0.481 e. The molecule has 2 atom stereocenters. The molecule has 0 heterocycles. The second-order valence-electron chi connectivity index (χ2n) is 4.21. The molecule has 114 valence electrons. The Hall–Kier alpha value is -1.73. The molecule has 1 rings (SSSR count). The van der Waals surface area contributed by atoms with Gasteiger partial charge in [-0.25, -0.2) is 4.79 Å². The van der Waals surface area contributed by atoms with Crippen molar-refractivity contribution in [2.45, 2.75) is 29.5 Å². The zero-order valence-electron chi connectivity index (χ0n) is 11.1. The van der Waals surface area contributed by atoms with E-state index in [1.165, 1.54) is 11.8 Å². The van der Waals surface area contributed by atoms with Gasteiger partial charge in [-0.05, 0) is 31.2 Å². The van der Waals surface area contributed by atoms with E-state index in [1.54, 1.807) is 31.2 Å². The smallest absolute Gasteiger partial charge is 0.326 e. The number of benzene rings is 1. The van der Waals surface area contributed by atoms with Gasteiger partial charge in [-0.1, -0.05) is 11.6 Å². The Bertz CT molecular complexity index is 534. The van der Waals surface area contributed by atoms with E-state index < -0.39 is 35.6 Å². The first-order chi connectivity index (χ1) is 9.79. The molecule has 3 N–H and O–H groups in total. The summed E-state index contributed by atoms with van der Waals surface area (Å²) in [6, 6.07) is 5.40. The van der Waals surface area contributed by atoms with Crippen molar-refractivity contribution in [2.75, 3.05) is 0 Å². The number of hydrogen-bond donors (Lipinski definition) is 3. The Morgan fingerprint density at radius 2 is 1.81 bits per heavy atom. The van der Waals surface area contributed by atoms with Crippen LogP contribution in [0.25, 0.3) is 0 Å². The molecular weight excluding hydrogens is 318 g/mol. The van der Waals surface area contributed by atoms with Crippen LogP contribution in [-0.2, 0) is 14.4 Å². The summed E-state index contributed by atoms with van der Waals surface area (Å²) in [4.78, 5) is 34.1. The first-order valence-electron chi connectivity index (χ1n) is 5.96. The van der Waals surface area contributed by atoms with Crippen molar-refractivity contribution in [1.29, 1.82) is 0 Å². The Morgan fingerprint density at radius 3 is 2.29 bits per heavy atom. The van der Waals surface area contributed by atoms with Crippen molar-refractivity contribution in [3.8, 4) is 0 Å². The highest BCUT2D eigenvalue weighted by Crippen LogP contribution is 2.24. The van der Waals surface area contributed by atoms with E-state index in [2.05, 4.69) is 5.32 Å². The average molecular weight is 332 g/mol. The summed E-state index contributed by atoms with van der Waals surface area (Å²) in [6.07, 6.45) is -0.667. The maximum atomic E-state index is 11.9. The van der Waals surface area contributed by atoms with Crippen molar-refractivity contribution in [2.24, 2.45) is 0 Å². The lowest BCUT2D eigenvalue weighted by Gasteiger charge is -2.16. The number of carboxylic acid groups (broad SMARTS) is 2. The summed E-state index contributed by atoms with van der Waals surface area (Å²) in [6.45, 7) is 1.61. The summed E-state index contributed by atoms with van der Waals surface area (Å²) < 4.78 is 0. The van der Waals surface area contributed by atoms with Crippen LogP contribution >= 0.6 is 23.4 Å². The SMILES string of the molecule is CC(Sc1ccc(Cl)cc1)C(=O)NC(CC(=O)O)C(=O)O. The van der Waals surface area contributed by atoms with E-state index >= 15 is 0 Å². The molecule has 0 bridgehead atoms. The van der Waals surface area contributed by atoms with E-state index in [9.17, 15) is 14.4 Å². The quantitative estimate of drug-likeness (QED) is 0.659. The molecule has 2 unspecified atom stereocenters. The third-order valence-corrected chi connectivity index (χ3v) is 3.85. The Morgan fingerprint density at radius 1 is 1.24 bits per heavy atom. The monoisotopic (exact) mass is 331 g/mol. The van der Waals surface area contributed by atoms with E-state index in [4.69, 9.17) is 21.8 Å². The lowest BCUT2D eigenvalue weighted by atomic mass is 10.2. The molecule has 0 aliphatic heterocycles. The van der Waals surface area contributed by atoms with Gasteiger partial charge in [-0.3, -0.25) is 9.59 Å². The molecule has 21 heavy (non-hydrogen) atoms. The molecule has 1 aromatic rings. The molecule has 0 aliphatic carbocycles.